The number of esters is 2. The number of furan rings is 1. The summed E-state index contributed by atoms with van der Waals surface area (Å²) >= 11 is 0. The second-order valence-corrected chi connectivity index (χ2v) is 5.25. The van der Waals surface area contributed by atoms with Gasteiger partial charge in [0.15, 0.2) is 0 Å². The molecule has 0 spiro atoms. The van der Waals surface area contributed by atoms with Crippen molar-refractivity contribution in [2.24, 2.45) is 0 Å². The highest BCUT2D eigenvalue weighted by Gasteiger charge is 2.27. The van der Waals surface area contributed by atoms with E-state index in [-0.39, 0.29) is 6.61 Å². The lowest BCUT2D eigenvalue weighted by molar-refractivity contribution is -0.156. The van der Waals surface area contributed by atoms with Crippen LogP contribution in [-0.2, 0) is 20.9 Å². The number of rotatable bonds is 6. The van der Waals surface area contributed by atoms with Gasteiger partial charge < -0.3 is 13.9 Å². The molecule has 2 aromatic carbocycles. The van der Waals surface area contributed by atoms with Gasteiger partial charge in [0, 0.05) is 5.56 Å². The lowest BCUT2D eigenvalue weighted by Gasteiger charge is -2.17. The number of hydrogen-bond donors (Lipinski definition) is 0. The van der Waals surface area contributed by atoms with Crippen LogP contribution in [0.5, 0.6) is 0 Å². The van der Waals surface area contributed by atoms with Crippen molar-refractivity contribution in [1.29, 1.82) is 0 Å². The van der Waals surface area contributed by atoms with Crippen LogP contribution in [0.1, 0.15) is 27.8 Å². The fraction of sp³-hybridized carbons (Fsp3) is 0.100. The van der Waals surface area contributed by atoms with Gasteiger partial charge in [0.2, 0.25) is 6.10 Å². The first kappa shape index (κ1) is 16.5. The number of carbonyl (C=O) groups is 2. The highest BCUT2D eigenvalue weighted by Crippen LogP contribution is 2.21. The van der Waals surface area contributed by atoms with Gasteiger partial charge in [0.05, 0.1) is 11.8 Å². The molecule has 0 N–H and O–H groups in total. The smallest absolute Gasteiger partial charge is 0.352 e. The first-order valence-electron chi connectivity index (χ1n) is 7.74. The minimum atomic E-state index is -1.15. The summed E-state index contributed by atoms with van der Waals surface area (Å²) < 4.78 is 15.8. The molecule has 126 valence electrons. The fourth-order valence-electron chi connectivity index (χ4n) is 2.24. The minimum Gasteiger partial charge on any atom is -0.466 e. The highest BCUT2D eigenvalue weighted by atomic mass is 16.6. The molecular formula is C20H16O5. The van der Waals surface area contributed by atoms with Crippen LogP contribution in [-0.4, -0.2) is 11.9 Å². The Labute approximate surface area is 144 Å². The maximum Gasteiger partial charge on any atom is 0.352 e. The topological polar surface area (TPSA) is 65.7 Å². The summed E-state index contributed by atoms with van der Waals surface area (Å²) in [4.78, 5) is 24.8. The lowest BCUT2D eigenvalue weighted by atomic mass is 10.1. The summed E-state index contributed by atoms with van der Waals surface area (Å²) in [5.41, 5.74) is 0.901. The average molecular weight is 336 g/mol. The van der Waals surface area contributed by atoms with E-state index >= 15 is 0 Å². The van der Waals surface area contributed by atoms with Crippen LogP contribution in [0.15, 0.2) is 83.5 Å². The highest BCUT2D eigenvalue weighted by molar-refractivity contribution is 5.91. The van der Waals surface area contributed by atoms with Crippen molar-refractivity contribution < 1.29 is 23.5 Å². The zero-order chi connectivity index (χ0) is 17.5. The second-order valence-electron chi connectivity index (χ2n) is 5.25. The van der Waals surface area contributed by atoms with Gasteiger partial charge in [-0.25, -0.2) is 9.59 Å². The largest absolute Gasteiger partial charge is 0.466 e. The summed E-state index contributed by atoms with van der Waals surface area (Å²) in [5, 5.41) is 0. The maximum atomic E-state index is 12.5. The molecule has 5 nitrogen and oxygen atoms in total. The van der Waals surface area contributed by atoms with E-state index < -0.39 is 18.0 Å². The molecule has 0 aliphatic carbocycles. The molecule has 1 heterocycles. The summed E-state index contributed by atoms with van der Waals surface area (Å²) in [6, 6.07) is 20.6. The van der Waals surface area contributed by atoms with Crippen molar-refractivity contribution in [1.82, 2.24) is 0 Å². The molecule has 1 unspecified atom stereocenters. The van der Waals surface area contributed by atoms with Gasteiger partial charge >= 0.3 is 11.9 Å². The van der Waals surface area contributed by atoms with Gasteiger partial charge in [-0.05, 0) is 24.3 Å². The predicted octanol–water partition coefficient (Wildman–Crippen LogP) is 3.92. The molecule has 0 aliphatic rings. The molecule has 0 fully saturated rings. The van der Waals surface area contributed by atoms with Gasteiger partial charge in [-0.1, -0.05) is 48.5 Å². The Morgan fingerprint density at radius 2 is 1.56 bits per heavy atom. The van der Waals surface area contributed by atoms with Gasteiger partial charge in [0.1, 0.15) is 12.4 Å². The number of hydrogen-bond acceptors (Lipinski definition) is 5. The van der Waals surface area contributed by atoms with E-state index in [1.165, 1.54) is 6.26 Å². The van der Waals surface area contributed by atoms with Crippen LogP contribution in [0.25, 0.3) is 0 Å². The van der Waals surface area contributed by atoms with Crippen molar-refractivity contribution in [3.63, 3.8) is 0 Å². The van der Waals surface area contributed by atoms with Crippen molar-refractivity contribution in [2.45, 2.75) is 12.7 Å². The third kappa shape index (κ3) is 4.35. The van der Waals surface area contributed by atoms with Crippen LogP contribution in [0.3, 0.4) is 0 Å². The minimum absolute atomic E-state index is 0.0297. The fourth-order valence-corrected chi connectivity index (χ4v) is 2.24. The van der Waals surface area contributed by atoms with Crippen molar-refractivity contribution in [2.75, 3.05) is 0 Å². The van der Waals surface area contributed by atoms with Crippen molar-refractivity contribution in [3.05, 3.63) is 95.9 Å². The van der Waals surface area contributed by atoms with Crippen LogP contribution in [0, 0.1) is 0 Å². The Kier molecular flexibility index (Phi) is 5.26. The summed E-state index contributed by atoms with van der Waals surface area (Å²) in [7, 11) is 0. The Morgan fingerprint density at radius 1 is 0.880 bits per heavy atom. The summed E-state index contributed by atoms with van der Waals surface area (Å²) in [6.07, 6.45) is 0.344. The molecule has 0 saturated heterocycles. The number of ether oxygens (including phenoxy) is 2. The number of carbonyl (C=O) groups excluding carboxylic acids is 2. The van der Waals surface area contributed by atoms with E-state index in [2.05, 4.69) is 0 Å². The van der Waals surface area contributed by atoms with Crippen molar-refractivity contribution >= 4 is 11.9 Å². The van der Waals surface area contributed by atoms with E-state index in [4.69, 9.17) is 13.9 Å². The molecule has 3 aromatic rings. The Balaban J connectivity index is 1.75. The molecule has 1 atom stereocenters. The van der Waals surface area contributed by atoms with E-state index in [1.54, 1.807) is 66.7 Å². The maximum absolute atomic E-state index is 12.5. The zero-order valence-electron chi connectivity index (χ0n) is 13.3. The van der Waals surface area contributed by atoms with E-state index in [9.17, 15) is 9.59 Å². The summed E-state index contributed by atoms with van der Waals surface area (Å²) in [6.45, 7) is -0.0297. The third-order valence-electron chi connectivity index (χ3n) is 3.49. The normalized spacial score (nSPS) is 11.5. The van der Waals surface area contributed by atoms with Crippen molar-refractivity contribution in [3.8, 4) is 0 Å². The van der Waals surface area contributed by atoms with Crippen LogP contribution in [0.2, 0.25) is 0 Å². The summed E-state index contributed by atoms with van der Waals surface area (Å²) in [5.74, 6) is -0.745. The third-order valence-corrected chi connectivity index (χ3v) is 3.49. The molecule has 0 saturated carbocycles. The first-order valence-corrected chi connectivity index (χ1v) is 7.74. The Bertz CT molecular complexity index is 810. The predicted molar refractivity (Wildman–Crippen MR) is 89.5 cm³/mol. The van der Waals surface area contributed by atoms with Gasteiger partial charge in [0.25, 0.3) is 0 Å². The molecule has 5 heteroatoms. The Hall–Kier alpha value is -3.34. The molecule has 0 radical (unpaired) electrons. The standard InChI is InChI=1S/C20H16O5/c21-19(16-10-5-2-6-11-16)25-18(15-8-3-1-4-9-15)20(22)24-14-17-12-7-13-23-17/h1-13,18H,14H2. The molecule has 1 aromatic heterocycles. The van der Waals surface area contributed by atoms with Crippen LogP contribution >= 0.6 is 0 Å². The molecule has 3 rings (SSSR count). The molecule has 0 bridgehead atoms. The molecule has 25 heavy (non-hydrogen) atoms. The average Bonchev–Trinajstić information content (AvgIpc) is 3.19. The lowest BCUT2D eigenvalue weighted by Crippen LogP contribution is -2.22. The molecule has 0 aliphatic heterocycles. The molecule has 0 amide bonds. The van der Waals surface area contributed by atoms with Gasteiger partial charge in [-0.15, -0.1) is 0 Å². The molecular weight excluding hydrogens is 320 g/mol. The first-order chi connectivity index (χ1) is 12.2. The van der Waals surface area contributed by atoms with Crippen LogP contribution in [0.4, 0.5) is 0 Å². The zero-order valence-corrected chi connectivity index (χ0v) is 13.3. The second kappa shape index (κ2) is 7.97. The number of benzene rings is 2. The van der Waals surface area contributed by atoms with Gasteiger partial charge in [-0.3, -0.25) is 0 Å². The van der Waals surface area contributed by atoms with E-state index in [1.807, 2.05) is 6.07 Å². The monoisotopic (exact) mass is 336 g/mol. The van der Waals surface area contributed by atoms with Crippen LogP contribution < -0.4 is 0 Å². The van der Waals surface area contributed by atoms with E-state index in [0.717, 1.165) is 0 Å². The SMILES string of the molecule is O=C(OC(C(=O)OCc1ccco1)c1ccccc1)c1ccccc1. The Morgan fingerprint density at radius 3 is 2.20 bits per heavy atom. The van der Waals surface area contributed by atoms with E-state index in [0.29, 0.717) is 16.9 Å². The van der Waals surface area contributed by atoms with Gasteiger partial charge in [-0.2, -0.15) is 0 Å². The quantitative estimate of drug-likeness (QED) is 0.638.